The number of carbonyl (C=O) groups is 4. The number of carbonyl (C=O) groups excluding carboxylic acids is 4. The van der Waals surface area contributed by atoms with E-state index in [1.807, 2.05) is 5.32 Å². The summed E-state index contributed by atoms with van der Waals surface area (Å²) in [5.74, 6) is -5.26. The van der Waals surface area contributed by atoms with Crippen LogP contribution in [-0.2, 0) is 14.3 Å². The fourth-order valence-corrected chi connectivity index (χ4v) is 2.50. The van der Waals surface area contributed by atoms with Crippen LogP contribution in [0.1, 0.15) is 20.7 Å². The molecule has 9 heteroatoms. The first-order valence-corrected chi connectivity index (χ1v) is 7.73. The maximum absolute atomic E-state index is 13.5. The number of rotatable bonds is 5. The van der Waals surface area contributed by atoms with Gasteiger partial charge in [0.05, 0.1) is 11.1 Å². The van der Waals surface area contributed by atoms with Crippen molar-refractivity contribution in [1.29, 1.82) is 0 Å². The second-order valence-corrected chi connectivity index (χ2v) is 5.55. The molecule has 138 valence electrons. The van der Waals surface area contributed by atoms with Gasteiger partial charge in [0.15, 0.2) is 6.61 Å². The fraction of sp³-hybridized carbons (Fsp3) is 0.111. The molecule has 0 unspecified atom stereocenters. The fourth-order valence-electron chi connectivity index (χ4n) is 2.50. The molecule has 3 amide bonds. The lowest BCUT2D eigenvalue weighted by Gasteiger charge is -2.13. The predicted molar refractivity (Wildman–Crippen MR) is 87.8 cm³/mol. The number of imide groups is 1. The average Bonchev–Trinajstić information content (AvgIpc) is 2.88. The van der Waals surface area contributed by atoms with Crippen LogP contribution in [0, 0.1) is 11.6 Å². The summed E-state index contributed by atoms with van der Waals surface area (Å²) in [4.78, 5) is 48.5. The predicted octanol–water partition coefficient (Wildman–Crippen LogP) is 1.74. The molecule has 1 aliphatic heterocycles. The van der Waals surface area contributed by atoms with E-state index in [0.29, 0.717) is 4.90 Å². The summed E-state index contributed by atoms with van der Waals surface area (Å²) < 4.78 is 31.6. The molecule has 7 nitrogen and oxygen atoms in total. The maximum atomic E-state index is 13.5. The van der Waals surface area contributed by atoms with E-state index in [9.17, 15) is 28.0 Å². The zero-order valence-electron chi connectivity index (χ0n) is 13.7. The van der Waals surface area contributed by atoms with E-state index in [0.717, 1.165) is 18.2 Å². The van der Waals surface area contributed by atoms with Gasteiger partial charge >= 0.3 is 5.97 Å². The van der Waals surface area contributed by atoms with Crippen LogP contribution >= 0.6 is 0 Å². The van der Waals surface area contributed by atoms with Crippen molar-refractivity contribution in [1.82, 2.24) is 4.90 Å². The van der Waals surface area contributed by atoms with Crippen molar-refractivity contribution in [3.05, 3.63) is 65.2 Å². The van der Waals surface area contributed by atoms with Crippen LogP contribution in [0.3, 0.4) is 0 Å². The lowest BCUT2D eigenvalue weighted by molar-refractivity contribution is -0.147. The Morgan fingerprint density at radius 2 is 1.48 bits per heavy atom. The number of anilines is 1. The number of halogens is 2. The van der Waals surface area contributed by atoms with Crippen LogP contribution < -0.4 is 5.32 Å². The summed E-state index contributed by atoms with van der Waals surface area (Å²) in [7, 11) is 0. The van der Waals surface area contributed by atoms with Crippen molar-refractivity contribution in [2.24, 2.45) is 0 Å². The second-order valence-electron chi connectivity index (χ2n) is 5.55. The smallest absolute Gasteiger partial charge is 0.326 e. The van der Waals surface area contributed by atoms with E-state index in [2.05, 4.69) is 4.74 Å². The Bertz CT molecular complexity index is 905. The number of hydrogen-bond donors (Lipinski definition) is 1. The summed E-state index contributed by atoms with van der Waals surface area (Å²) in [6.07, 6.45) is 0. The van der Waals surface area contributed by atoms with E-state index in [-0.39, 0.29) is 11.1 Å². The van der Waals surface area contributed by atoms with Gasteiger partial charge in [-0.25, -0.2) is 8.78 Å². The van der Waals surface area contributed by atoms with E-state index in [1.54, 1.807) is 12.1 Å². The molecule has 1 heterocycles. The molecule has 0 spiro atoms. The number of esters is 1. The molecule has 2 aromatic carbocycles. The van der Waals surface area contributed by atoms with Gasteiger partial charge in [-0.1, -0.05) is 18.2 Å². The van der Waals surface area contributed by atoms with Crippen molar-refractivity contribution in [3.63, 3.8) is 0 Å². The van der Waals surface area contributed by atoms with Gasteiger partial charge in [-0.3, -0.25) is 24.1 Å². The molecule has 0 saturated heterocycles. The highest BCUT2D eigenvalue weighted by atomic mass is 19.1. The molecule has 2 aromatic rings. The molecule has 0 radical (unpaired) electrons. The summed E-state index contributed by atoms with van der Waals surface area (Å²) >= 11 is 0. The van der Waals surface area contributed by atoms with Gasteiger partial charge in [0.25, 0.3) is 17.7 Å². The Balaban J connectivity index is 1.55. The zero-order chi connectivity index (χ0) is 19.6. The number of benzene rings is 2. The van der Waals surface area contributed by atoms with E-state index >= 15 is 0 Å². The number of para-hydroxylation sites is 1. The molecular formula is C18H12F2N2O5. The molecule has 0 atom stereocenters. The number of hydrogen-bond acceptors (Lipinski definition) is 5. The average molecular weight is 374 g/mol. The summed E-state index contributed by atoms with van der Waals surface area (Å²) in [6.45, 7) is -1.52. The van der Waals surface area contributed by atoms with Gasteiger partial charge in [0.1, 0.15) is 23.9 Å². The molecule has 0 fully saturated rings. The minimum atomic E-state index is -1.02. The highest BCUT2D eigenvalue weighted by Crippen LogP contribution is 2.22. The molecule has 3 rings (SSSR count). The normalized spacial score (nSPS) is 12.7. The van der Waals surface area contributed by atoms with Crippen LogP contribution in [0.5, 0.6) is 0 Å². The largest absolute Gasteiger partial charge is 0.454 e. The Kier molecular flexibility index (Phi) is 4.93. The molecule has 0 saturated carbocycles. The SMILES string of the molecule is O=C(COC(=O)CN1C(=O)c2ccccc2C1=O)Nc1c(F)cccc1F. The molecule has 1 N–H and O–H groups in total. The van der Waals surface area contributed by atoms with Crippen molar-refractivity contribution in [2.45, 2.75) is 0 Å². The third kappa shape index (κ3) is 3.66. The summed E-state index contributed by atoms with van der Waals surface area (Å²) in [5, 5.41) is 1.95. The van der Waals surface area contributed by atoms with Crippen molar-refractivity contribution < 1.29 is 32.7 Å². The molecule has 0 aromatic heterocycles. The Morgan fingerprint density at radius 3 is 2.04 bits per heavy atom. The first-order chi connectivity index (χ1) is 12.9. The van der Waals surface area contributed by atoms with Gasteiger partial charge in [-0.15, -0.1) is 0 Å². The highest BCUT2D eigenvalue weighted by Gasteiger charge is 2.36. The molecule has 27 heavy (non-hydrogen) atoms. The number of amides is 3. The van der Waals surface area contributed by atoms with Gasteiger partial charge in [0.2, 0.25) is 0 Å². The first-order valence-electron chi connectivity index (χ1n) is 7.73. The Hall–Kier alpha value is -3.62. The van der Waals surface area contributed by atoms with Crippen LogP contribution in [-0.4, -0.2) is 41.7 Å². The first kappa shape index (κ1) is 18.2. The van der Waals surface area contributed by atoms with Gasteiger partial charge < -0.3 is 10.1 Å². The summed E-state index contributed by atoms with van der Waals surface area (Å²) in [5.41, 5.74) is -0.329. The minimum Gasteiger partial charge on any atom is -0.454 e. The monoisotopic (exact) mass is 374 g/mol. The minimum absolute atomic E-state index is 0.170. The van der Waals surface area contributed by atoms with Crippen LogP contribution in [0.15, 0.2) is 42.5 Å². The number of nitrogens with one attached hydrogen (secondary N) is 1. The topological polar surface area (TPSA) is 92.8 Å². The van der Waals surface area contributed by atoms with Crippen LogP contribution in [0.2, 0.25) is 0 Å². The standard InChI is InChI=1S/C18H12F2N2O5/c19-12-6-3-7-13(20)16(12)21-14(23)9-27-15(24)8-22-17(25)10-4-1-2-5-11(10)18(22)26/h1-7H,8-9H2,(H,21,23). The molecule has 0 aliphatic carbocycles. The number of ether oxygens (including phenoxy) is 1. The molecule has 1 aliphatic rings. The van der Waals surface area contributed by atoms with Crippen molar-refractivity contribution >= 4 is 29.4 Å². The Morgan fingerprint density at radius 1 is 0.926 bits per heavy atom. The van der Waals surface area contributed by atoms with Gasteiger partial charge in [-0.2, -0.15) is 0 Å². The maximum Gasteiger partial charge on any atom is 0.326 e. The van der Waals surface area contributed by atoms with Gasteiger partial charge in [0, 0.05) is 0 Å². The highest BCUT2D eigenvalue weighted by molar-refractivity contribution is 6.22. The third-order valence-electron chi connectivity index (χ3n) is 3.76. The second kappa shape index (κ2) is 7.32. The quantitative estimate of drug-likeness (QED) is 0.636. The van der Waals surface area contributed by atoms with E-state index in [4.69, 9.17) is 0 Å². The van der Waals surface area contributed by atoms with Gasteiger partial charge in [-0.05, 0) is 24.3 Å². The van der Waals surface area contributed by atoms with E-state index in [1.165, 1.54) is 12.1 Å². The lowest BCUT2D eigenvalue weighted by atomic mass is 10.1. The van der Waals surface area contributed by atoms with Crippen molar-refractivity contribution in [3.8, 4) is 0 Å². The summed E-state index contributed by atoms with van der Waals surface area (Å²) in [6, 6.07) is 9.10. The zero-order valence-corrected chi connectivity index (χ0v) is 13.7. The van der Waals surface area contributed by atoms with Crippen LogP contribution in [0.25, 0.3) is 0 Å². The molecule has 0 bridgehead atoms. The van der Waals surface area contributed by atoms with Crippen molar-refractivity contribution in [2.75, 3.05) is 18.5 Å². The third-order valence-corrected chi connectivity index (χ3v) is 3.76. The number of fused-ring (bicyclic) bond motifs is 1. The Labute approximate surface area is 151 Å². The lowest BCUT2D eigenvalue weighted by Crippen LogP contribution is -2.36. The van der Waals surface area contributed by atoms with E-state index < -0.39 is 54.2 Å². The van der Waals surface area contributed by atoms with Crippen LogP contribution in [0.4, 0.5) is 14.5 Å². The molecular weight excluding hydrogens is 362 g/mol. The number of nitrogens with zero attached hydrogens (tertiary/aromatic N) is 1.